The number of nitrogens with two attached hydrogens (primary N) is 1. The molecule has 0 aromatic carbocycles. The molecule has 3 heterocycles. The Labute approximate surface area is 283 Å². The molecule has 0 saturated carbocycles. The second-order valence-electron chi connectivity index (χ2n) is 11.3. The first kappa shape index (κ1) is 39.7. The number of aliphatic carboxylic acids is 1. The molecule has 9 atom stereocenters. The van der Waals surface area contributed by atoms with Gasteiger partial charge in [0.1, 0.15) is 49.3 Å². The van der Waals surface area contributed by atoms with Gasteiger partial charge in [-0.2, -0.15) is 0 Å². The largest absolute Gasteiger partial charge is 0.478 e. The van der Waals surface area contributed by atoms with Gasteiger partial charge in [0, 0.05) is 19.1 Å². The Morgan fingerprint density at radius 2 is 1.96 bits per heavy atom. The maximum absolute atomic E-state index is 12.9. The number of carbonyl (C=O) groups excluding carboxylic acids is 1. The zero-order valence-electron chi connectivity index (χ0n) is 27.4. The van der Waals surface area contributed by atoms with Crippen LogP contribution in [-0.4, -0.2) is 146 Å². The molecule has 1 fully saturated rings. The number of carbonyl (C=O) groups is 2. The fourth-order valence-electron chi connectivity index (χ4n) is 5.50. The lowest BCUT2D eigenvalue weighted by molar-refractivity contribution is -0.843. The monoisotopic (exact) mass is 698 g/mol. The molecule has 9 unspecified atom stereocenters. The third-order valence-corrected chi connectivity index (χ3v) is 8.00. The summed E-state index contributed by atoms with van der Waals surface area (Å²) < 4.78 is 28.3. The van der Waals surface area contributed by atoms with Crippen molar-refractivity contribution >= 4 is 17.9 Å². The van der Waals surface area contributed by atoms with Gasteiger partial charge in [0.25, 0.3) is 0 Å². The van der Waals surface area contributed by atoms with E-state index in [1.165, 1.54) is 13.2 Å². The van der Waals surface area contributed by atoms with E-state index < -0.39 is 67.4 Å². The quantitative estimate of drug-likeness (QED) is 0.0172. The van der Waals surface area contributed by atoms with Gasteiger partial charge in [-0.05, 0) is 13.5 Å². The molecule has 18 nitrogen and oxygen atoms in total. The number of nitrogens with zero attached hydrogens (tertiary/aromatic N) is 1. The molecule has 0 spiro atoms. The van der Waals surface area contributed by atoms with E-state index in [2.05, 4.69) is 22.2 Å². The molecule has 49 heavy (non-hydrogen) atoms. The Morgan fingerprint density at radius 1 is 1.20 bits per heavy atom. The second kappa shape index (κ2) is 19.5. The van der Waals surface area contributed by atoms with Crippen LogP contribution in [0.2, 0.25) is 0 Å². The highest BCUT2D eigenvalue weighted by molar-refractivity contribution is 5.92. The predicted molar refractivity (Wildman–Crippen MR) is 171 cm³/mol. The van der Waals surface area contributed by atoms with Gasteiger partial charge >= 0.3 is 11.9 Å². The number of hydrogen-bond acceptors (Lipinski definition) is 14. The van der Waals surface area contributed by atoms with Crippen molar-refractivity contribution in [3.8, 4) is 0 Å². The van der Waals surface area contributed by atoms with Crippen molar-refractivity contribution in [2.75, 3.05) is 60.3 Å². The van der Waals surface area contributed by atoms with Crippen LogP contribution >= 0.6 is 0 Å². The van der Waals surface area contributed by atoms with E-state index in [1.807, 2.05) is 0 Å². The maximum atomic E-state index is 12.9. The van der Waals surface area contributed by atoms with Crippen molar-refractivity contribution in [2.24, 2.45) is 22.6 Å². The van der Waals surface area contributed by atoms with Crippen molar-refractivity contribution in [3.63, 3.8) is 0 Å². The zero-order chi connectivity index (χ0) is 36.1. The molecule has 1 saturated heterocycles. The molecule has 0 bridgehead atoms. The van der Waals surface area contributed by atoms with Gasteiger partial charge < -0.3 is 70.3 Å². The summed E-state index contributed by atoms with van der Waals surface area (Å²) in [6.07, 6.45) is -0.133. The summed E-state index contributed by atoms with van der Waals surface area (Å²) in [5.74, 6) is -3.71. The molecule has 3 aliphatic heterocycles. The number of nitrogens with one attached hydrogen (secondary N) is 3. The van der Waals surface area contributed by atoms with Gasteiger partial charge in [0.15, 0.2) is 12.2 Å². The highest BCUT2D eigenvalue weighted by atomic mass is 16.8. The standard InChI is InChI=1S/C31H47N5O13/c1-4-18-19(7-6-17-12-36(9-11-38)13-20(27(42)43)23(17)35-31(32)34-8-5-10-37)21(28(44)45-3)15-46-29(18)49-30-26(47-16-33-2)25(41)24(40)22(14-39)48-30/h4,6-7,12,15,18-19,22,24-26,29-30,33,37-41H,1,5,8-11,13-14,16H2,2-3H3,(H,42,43)(H3,32,34,35)/p+1. The highest BCUT2D eigenvalue weighted by Gasteiger charge is 2.48. The molecular formula is C31H48N5O13+. The summed E-state index contributed by atoms with van der Waals surface area (Å²) in [7, 11) is 2.80. The molecular weight excluding hydrogens is 650 g/mol. The second-order valence-corrected chi connectivity index (χ2v) is 11.3. The van der Waals surface area contributed by atoms with Crippen LogP contribution in [0.4, 0.5) is 0 Å². The summed E-state index contributed by atoms with van der Waals surface area (Å²) in [6.45, 7) is 3.31. The van der Waals surface area contributed by atoms with Crippen LogP contribution in [0.15, 0.2) is 64.7 Å². The molecule has 0 amide bonds. The average Bonchev–Trinajstić information content (AvgIpc) is 3.09. The van der Waals surface area contributed by atoms with E-state index in [9.17, 15) is 35.1 Å². The minimum Gasteiger partial charge on any atom is -0.478 e. The minimum absolute atomic E-state index is 0.0167. The molecule has 0 aromatic rings. The number of rotatable bonds is 17. The fraction of sp³-hybridized carbons (Fsp3) is 0.581. The van der Waals surface area contributed by atoms with Crippen LogP contribution in [0.5, 0.6) is 0 Å². The first-order valence-electron chi connectivity index (χ1n) is 15.7. The van der Waals surface area contributed by atoms with Gasteiger partial charge in [-0.1, -0.05) is 18.2 Å². The lowest BCUT2D eigenvalue weighted by Crippen LogP contribution is -3.09. The summed E-state index contributed by atoms with van der Waals surface area (Å²) in [6, 6.07) is 0. The lowest BCUT2D eigenvalue weighted by atomic mass is 9.83. The minimum atomic E-state index is -1.50. The van der Waals surface area contributed by atoms with Crippen molar-refractivity contribution in [1.29, 1.82) is 0 Å². The molecule has 3 aliphatic rings. The summed E-state index contributed by atoms with van der Waals surface area (Å²) in [5, 5.41) is 65.3. The number of hydrogen-bond donors (Lipinski definition) is 10. The Morgan fingerprint density at radius 3 is 2.57 bits per heavy atom. The van der Waals surface area contributed by atoms with E-state index in [4.69, 9.17) is 34.5 Å². The number of aliphatic hydroxyl groups is 5. The normalized spacial score (nSPS) is 30.8. The van der Waals surface area contributed by atoms with Crippen molar-refractivity contribution in [2.45, 2.75) is 43.4 Å². The summed E-state index contributed by atoms with van der Waals surface area (Å²) in [5.41, 5.74) is 6.57. The molecule has 18 heteroatoms. The van der Waals surface area contributed by atoms with Gasteiger partial charge in [0.2, 0.25) is 6.29 Å². The number of allylic oxidation sites excluding steroid dienone is 2. The van der Waals surface area contributed by atoms with E-state index in [-0.39, 0.29) is 62.4 Å². The molecule has 0 radical (unpaired) electrons. The molecule has 3 rings (SSSR count). The first-order valence-corrected chi connectivity index (χ1v) is 15.7. The van der Waals surface area contributed by atoms with Crippen LogP contribution in [0.25, 0.3) is 0 Å². The maximum Gasteiger partial charge on any atom is 0.339 e. The Balaban J connectivity index is 2.03. The third kappa shape index (κ3) is 10.2. The summed E-state index contributed by atoms with van der Waals surface area (Å²) >= 11 is 0. The van der Waals surface area contributed by atoms with Gasteiger partial charge in [-0.25, -0.2) is 9.59 Å². The van der Waals surface area contributed by atoms with E-state index in [1.54, 1.807) is 25.4 Å². The Bertz CT molecular complexity index is 1300. The number of esters is 1. The number of aliphatic imine (C=N–C) groups is 1. The van der Waals surface area contributed by atoms with Gasteiger partial charge in [-0.3, -0.25) is 10.3 Å². The highest BCUT2D eigenvalue weighted by Crippen LogP contribution is 2.37. The van der Waals surface area contributed by atoms with E-state index in [0.717, 1.165) is 6.26 Å². The smallest absolute Gasteiger partial charge is 0.339 e. The van der Waals surface area contributed by atoms with Crippen LogP contribution in [0.3, 0.4) is 0 Å². The number of guanidine groups is 1. The number of methoxy groups -OCH3 is 1. The van der Waals surface area contributed by atoms with Gasteiger partial charge in [0.05, 0.1) is 56.1 Å². The number of carboxylic acid groups (broad SMARTS) is 1. The topological polar surface area (TPSA) is 269 Å². The van der Waals surface area contributed by atoms with Crippen molar-refractivity contribution in [1.82, 2.24) is 10.6 Å². The number of carboxylic acids is 1. The van der Waals surface area contributed by atoms with Crippen molar-refractivity contribution < 1.29 is 68.8 Å². The zero-order valence-corrected chi connectivity index (χ0v) is 27.4. The van der Waals surface area contributed by atoms with Crippen LogP contribution < -0.4 is 21.3 Å². The lowest BCUT2D eigenvalue weighted by Gasteiger charge is -2.44. The number of quaternary nitrogens is 1. The molecule has 274 valence electrons. The van der Waals surface area contributed by atoms with Crippen LogP contribution in [0.1, 0.15) is 6.42 Å². The SMILES string of the molecule is C=CC1C(OC2OC(CO)C(O)C(O)C2OCNC)OC=C(C(=O)OC)C1C=CC1=C[NH+](CCO)CC(C(=O)O)=C1NC(N)=NCCCO. The van der Waals surface area contributed by atoms with E-state index in [0.29, 0.717) is 16.9 Å². The first-order chi connectivity index (χ1) is 23.5. The fourth-order valence-corrected chi connectivity index (χ4v) is 5.50. The number of aliphatic hydroxyl groups excluding tert-OH is 5. The predicted octanol–water partition coefficient (Wildman–Crippen LogP) is -4.21. The average molecular weight is 699 g/mol. The molecule has 11 N–H and O–H groups in total. The Hall–Kier alpha value is -3.69. The van der Waals surface area contributed by atoms with Gasteiger partial charge in [-0.15, -0.1) is 6.58 Å². The van der Waals surface area contributed by atoms with Crippen LogP contribution in [-0.2, 0) is 33.3 Å². The van der Waals surface area contributed by atoms with Crippen LogP contribution in [0, 0.1) is 11.8 Å². The summed E-state index contributed by atoms with van der Waals surface area (Å²) in [4.78, 5) is 30.0. The number of ether oxygens (including phenoxy) is 5. The van der Waals surface area contributed by atoms with E-state index >= 15 is 0 Å². The van der Waals surface area contributed by atoms with Crippen molar-refractivity contribution in [3.05, 3.63) is 59.7 Å². The Kier molecular flexibility index (Phi) is 15.8. The third-order valence-electron chi connectivity index (χ3n) is 8.00. The molecule has 0 aliphatic carbocycles. The molecule has 0 aromatic heterocycles.